The Hall–Kier alpha value is -0.980. The third-order valence-electron chi connectivity index (χ3n) is 2.09. The second-order valence-electron chi connectivity index (χ2n) is 3.01. The highest BCUT2D eigenvalue weighted by molar-refractivity contribution is 6.05. The van der Waals surface area contributed by atoms with Crippen LogP contribution in [0.5, 0.6) is 0 Å². The fourth-order valence-electron chi connectivity index (χ4n) is 1.04. The number of ether oxygens (including phenoxy) is 3. The van der Waals surface area contributed by atoms with Crippen molar-refractivity contribution >= 4 is 11.8 Å². The predicted octanol–water partition coefficient (Wildman–Crippen LogP) is -0.512. The van der Waals surface area contributed by atoms with Crippen molar-refractivity contribution < 1.29 is 28.9 Å². The van der Waals surface area contributed by atoms with Gasteiger partial charge in [-0.3, -0.25) is 4.79 Å². The molecule has 0 amide bonds. The molecule has 0 saturated carbocycles. The second kappa shape index (κ2) is 5.79. The maximum absolute atomic E-state index is 11.2. The number of rotatable bonds is 6. The Balaban J connectivity index is 4.80. The van der Waals surface area contributed by atoms with Crippen LogP contribution >= 0.6 is 0 Å². The largest absolute Gasteiger partial charge is 0.467 e. The zero-order chi connectivity index (χ0) is 12.1. The third kappa shape index (κ3) is 3.26. The van der Waals surface area contributed by atoms with Gasteiger partial charge in [-0.25, -0.2) is 4.79 Å². The molecular weight excluding hydrogens is 204 g/mol. The van der Waals surface area contributed by atoms with Gasteiger partial charge in [0.1, 0.15) is 0 Å². The molecule has 0 aromatic rings. The molecule has 1 N–H and O–H groups in total. The summed E-state index contributed by atoms with van der Waals surface area (Å²) in [7, 11) is 3.77. The van der Waals surface area contributed by atoms with Gasteiger partial charge < -0.3 is 19.3 Å². The predicted molar refractivity (Wildman–Crippen MR) is 50.1 cm³/mol. The van der Waals surface area contributed by atoms with E-state index in [-0.39, 0.29) is 6.42 Å². The van der Waals surface area contributed by atoms with E-state index < -0.39 is 23.6 Å². The molecule has 0 aromatic heterocycles. The molecule has 0 heterocycles. The van der Waals surface area contributed by atoms with Crippen molar-refractivity contribution in [2.75, 3.05) is 21.3 Å². The number of aliphatic hydroxyl groups is 1. The van der Waals surface area contributed by atoms with Crippen LogP contribution in [0.25, 0.3) is 0 Å². The van der Waals surface area contributed by atoms with Gasteiger partial charge in [0.15, 0.2) is 12.1 Å². The Morgan fingerprint density at radius 1 is 1.27 bits per heavy atom. The van der Waals surface area contributed by atoms with E-state index in [1.165, 1.54) is 14.2 Å². The quantitative estimate of drug-likeness (QED) is 0.369. The van der Waals surface area contributed by atoms with E-state index in [0.29, 0.717) is 0 Å². The summed E-state index contributed by atoms with van der Waals surface area (Å²) >= 11 is 0. The van der Waals surface area contributed by atoms with E-state index in [0.717, 1.165) is 14.0 Å². The van der Waals surface area contributed by atoms with E-state index in [1.54, 1.807) is 0 Å². The molecule has 0 bridgehead atoms. The fraction of sp³-hybridized carbons (Fsp3) is 0.778. The van der Waals surface area contributed by atoms with E-state index in [4.69, 9.17) is 9.47 Å². The molecule has 0 spiro atoms. The summed E-state index contributed by atoms with van der Waals surface area (Å²) in [5.41, 5.74) is -2.22. The Morgan fingerprint density at radius 2 is 1.73 bits per heavy atom. The summed E-state index contributed by atoms with van der Waals surface area (Å²) in [4.78, 5) is 22.4. The van der Waals surface area contributed by atoms with Gasteiger partial charge >= 0.3 is 5.97 Å². The van der Waals surface area contributed by atoms with E-state index in [2.05, 4.69) is 4.74 Å². The monoisotopic (exact) mass is 220 g/mol. The van der Waals surface area contributed by atoms with Crippen LogP contribution in [0.1, 0.15) is 13.3 Å². The number of Topliss-reactive ketones (excluding diaryl/α,β-unsaturated/α-hetero) is 1. The standard InChI is InChI=1S/C9H16O6/c1-6(10)9(12,8(11)15-4)5-7(13-2)14-3/h7,12H,5H2,1-4H3/t9-/m0/s1. The smallest absolute Gasteiger partial charge is 0.345 e. The SMILES string of the molecule is COC(=O)[C@](O)(CC(OC)OC)C(C)=O. The summed E-state index contributed by atoms with van der Waals surface area (Å²) in [6, 6.07) is 0. The van der Waals surface area contributed by atoms with Crippen molar-refractivity contribution in [3.05, 3.63) is 0 Å². The van der Waals surface area contributed by atoms with Crippen LogP contribution in [0.3, 0.4) is 0 Å². The topological polar surface area (TPSA) is 82.1 Å². The third-order valence-corrected chi connectivity index (χ3v) is 2.09. The Bertz CT molecular complexity index is 235. The lowest BCUT2D eigenvalue weighted by atomic mass is 9.95. The number of hydrogen-bond acceptors (Lipinski definition) is 6. The van der Waals surface area contributed by atoms with Crippen molar-refractivity contribution in [3.8, 4) is 0 Å². The molecule has 0 aromatic carbocycles. The first-order valence-corrected chi connectivity index (χ1v) is 4.29. The number of hydrogen-bond donors (Lipinski definition) is 1. The van der Waals surface area contributed by atoms with Gasteiger partial charge in [0, 0.05) is 20.6 Å². The van der Waals surface area contributed by atoms with Crippen LogP contribution in [-0.2, 0) is 23.8 Å². The summed E-state index contributed by atoms with van der Waals surface area (Å²) in [5.74, 6) is -1.73. The molecule has 6 nitrogen and oxygen atoms in total. The van der Waals surface area contributed by atoms with Gasteiger partial charge in [0.2, 0.25) is 5.60 Å². The minimum absolute atomic E-state index is 0.304. The molecule has 0 radical (unpaired) electrons. The molecule has 6 heteroatoms. The zero-order valence-electron chi connectivity index (χ0n) is 9.27. The highest BCUT2D eigenvalue weighted by atomic mass is 16.7. The molecule has 88 valence electrons. The van der Waals surface area contributed by atoms with E-state index in [1.807, 2.05) is 0 Å². The van der Waals surface area contributed by atoms with Crippen molar-refractivity contribution in [3.63, 3.8) is 0 Å². The van der Waals surface area contributed by atoms with E-state index >= 15 is 0 Å². The number of carbonyl (C=O) groups is 2. The molecule has 0 aliphatic rings. The number of esters is 1. The highest BCUT2D eigenvalue weighted by Gasteiger charge is 2.44. The maximum atomic E-state index is 11.2. The number of carbonyl (C=O) groups excluding carboxylic acids is 2. The van der Waals surface area contributed by atoms with E-state index in [9.17, 15) is 14.7 Å². The van der Waals surface area contributed by atoms with Crippen molar-refractivity contribution in [1.29, 1.82) is 0 Å². The van der Waals surface area contributed by atoms with Crippen LogP contribution in [-0.4, -0.2) is 50.1 Å². The van der Waals surface area contributed by atoms with Crippen molar-refractivity contribution in [1.82, 2.24) is 0 Å². The average molecular weight is 220 g/mol. The van der Waals surface area contributed by atoms with Gasteiger partial charge in [-0.1, -0.05) is 0 Å². The van der Waals surface area contributed by atoms with Gasteiger partial charge in [0.05, 0.1) is 7.11 Å². The molecule has 0 rings (SSSR count). The number of ketones is 1. The van der Waals surface area contributed by atoms with Crippen LogP contribution in [0.4, 0.5) is 0 Å². The minimum atomic E-state index is -2.22. The minimum Gasteiger partial charge on any atom is -0.467 e. The fourth-order valence-corrected chi connectivity index (χ4v) is 1.04. The number of methoxy groups -OCH3 is 3. The van der Waals surface area contributed by atoms with Crippen LogP contribution in [0.2, 0.25) is 0 Å². The van der Waals surface area contributed by atoms with Crippen LogP contribution < -0.4 is 0 Å². The molecule has 15 heavy (non-hydrogen) atoms. The molecule has 0 aliphatic carbocycles. The first kappa shape index (κ1) is 14.0. The van der Waals surface area contributed by atoms with Gasteiger partial charge in [-0.15, -0.1) is 0 Å². The average Bonchev–Trinajstić information content (AvgIpc) is 2.23. The van der Waals surface area contributed by atoms with Crippen molar-refractivity contribution in [2.24, 2.45) is 0 Å². The molecule has 0 unspecified atom stereocenters. The van der Waals surface area contributed by atoms with Gasteiger partial charge in [-0.2, -0.15) is 0 Å². The Labute approximate surface area is 88.1 Å². The summed E-state index contributed by atoms with van der Waals surface area (Å²) in [6.07, 6.45) is -1.15. The maximum Gasteiger partial charge on any atom is 0.345 e. The van der Waals surface area contributed by atoms with Crippen LogP contribution in [0.15, 0.2) is 0 Å². The molecular formula is C9H16O6. The lowest BCUT2D eigenvalue weighted by Crippen LogP contribution is -2.49. The summed E-state index contributed by atoms with van der Waals surface area (Å²) in [5, 5.41) is 9.81. The summed E-state index contributed by atoms with van der Waals surface area (Å²) in [6.45, 7) is 1.10. The highest BCUT2D eigenvalue weighted by Crippen LogP contribution is 2.18. The lowest BCUT2D eigenvalue weighted by molar-refractivity contribution is -0.183. The van der Waals surface area contributed by atoms with Crippen LogP contribution in [0, 0.1) is 0 Å². The zero-order valence-corrected chi connectivity index (χ0v) is 9.27. The summed E-state index contributed by atoms with van der Waals surface area (Å²) < 4.78 is 13.9. The van der Waals surface area contributed by atoms with Gasteiger partial charge in [0.25, 0.3) is 0 Å². The molecule has 0 aliphatic heterocycles. The first-order chi connectivity index (χ1) is 6.92. The van der Waals surface area contributed by atoms with Crippen molar-refractivity contribution in [2.45, 2.75) is 25.2 Å². The molecule has 0 fully saturated rings. The lowest BCUT2D eigenvalue weighted by Gasteiger charge is -2.25. The Morgan fingerprint density at radius 3 is 2.00 bits per heavy atom. The molecule has 1 atom stereocenters. The molecule has 0 saturated heterocycles. The second-order valence-corrected chi connectivity index (χ2v) is 3.01. The Kier molecular flexibility index (Phi) is 5.41. The normalized spacial score (nSPS) is 14.8. The first-order valence-electron chi connectivity index (χ1n) is 4.29. The van der Waals surface area contributed by atoms with Gasteiger partial charge in [-0.05, 0) is 6.92 Å².